The molecule has 0 radical (unpaired) electrons. The molecular formula is C40H23NO2S. The molecule has 10 rings (SSSR count). The number of thiophene rings is 1. The molecular weight excluding hydrogens is 559 g/mol. The molecule has 0 amide bonds. The van der Waals surface area contributed by atoms with Gasteiger partial charge >= 0.3 is 0 Å². The Morgan fingerprint density at radius 3 is 2.09 bits per heavy atom. The van der Waals surface area contributed by atoms with Crippen LogP contribution in [0.2, 0.25) is 0 Å². The lowest BCUT2D eigenvalue weighted by Gasteiger charge is -2.26. The Hall–Kier alpha value is -5.58. The van der Waals surface area contributed by atoms with E-state index in [1.807, 2.05) is 23.5 Å². The topological polar surface area (TPSA) is 29.5 Å². The van der Waals surface area contributed by atoms with Gasteiger partial charge in [0.1, 0.15) is 22.3 Å². The first-order valence-electron chi connectivity index (χ1n) is 14.8. The number of fused-ring (bicyclic) bond motifs is 11. The van der Waals surface area contributed by atoms with Gasteiger partial charge in [-0.05, 0) is 66.0 Å². The van der Waals surface area contributed by atoms with Crippen molar-refractivity contribution < 1.29 is 8.83 Å². The van der Waals surface area contributed by atoms with Gasteiger partial charge in [-0.25, -0.2) is 0 Å². The Labute approximate surface area is 255 Å². The van der Waals surface area contributed by atoms with Crippen molar-refractivity contribution in [1.82, 2.24) is 0 Å². The summed E-state index contributed by atoms with van der Waals surface area (Å²) in [5, 5.41) is 9.26. The fraction of sp³-hybridized carbons (Fsp3) is 0. The maximum Gasteiger partial charge on any atom is 0.143 e. The molecule has 0 fully saturated rings. The molecule has 0 atom stereocenters. The van der Waals surface area contributed by atoms with Crippen LogP contribution in [0.1, 0.15) is 0 Å². The smallest absolute Gasteiger partial charge is 0.143 e. The maximum absolute atomic E-state index is 6.61. The highest BCUT2D eigenvalue weighted by atomic mass is 32.1. The van der Waals surface area contributed by atoms with E-state index in [4.69, 9.17) is 8.83 Å². The van der Waals surface area contributed by atoms with Crippen LogP contribution in [0.25, 0.3) is 74.8 Å². The van der Waals surface area contributed by atoms with Crippen molar-refractivity contribution in [3.8, 4) is 0 Å². The number of hydrogen-bond donors (Lipinski definition) is 0. The molecule has 3 heterocycles. The molecule has 0 aliphatic carbocycles. The van der Waals surface area contributed by atoms with Crippen LogP contribution >= 0.6 is 11.3 Å². The van der Waals surface area contributed by atoms with Crippen molar-refractivity contribution in [1.29, 1.82) is 0 Å². The molecule has 3 nitrogen and oxygen atoms in total. The van der Waals surface area contributed by atoms with Gasteiger partial charge in [0.05, 0.1) is 11.1 Å². The molecule has 0 unspecified atom stereocenters. The average molecular weight is 582 g/mol. The molecule has 0 saturated heterocycles. The molecule has 3 aromatic heterocycles. The summed E-state index contributed by atoms with van der Waals surface area (Å²) >= 11 is 1.84. The van der Waals surface area contributed by atoms with Crippen LogP contribution in [0, 0.1) is 0 Å². The highest BCUT2D eigenvalue weighted by molar-refractivity contribution is 7.25. The Morgan fingerprint density at radius 1 is 0.432 bits per heavy atom. The summed E-state index contributed by atoms with van der Waals surface area (Å²) in [7, 11) is 0. The van der Waals surface area contributed by atoms with E-state index >= 15 is 0 Å². The van der Waals surface area contributed by atoms with Gasteiger partial charge in [0, 0.05) is 59.2 Å². The highest BCUT2D eigenvalue weighted by Crippen LogP contribution is 2.46. The lowest BCUT2D eigenvalue weighted by atomic mass is 10.0. The minimum absolute atomic E-state index is 0.866. The zero-order chi connectivity index (χ0) is 28.8. The van der Waals surface area contributed by atoms with Crippen LogP contribution in [-0.4, -0.2) is 0 Å². The van der Waals surface area contributed by atoms with Gasteiger partial charge in [-0.2, -0.15) is 0 Å². The molecule has 0 N–H and O–H groups in total. The van der Waals surface area contributed by atoms with Crippen LogP contribution < -0.4 is 4.90 Å². The first kappa shape index (κ1) is 23.9. The van der Waals surface area contributed by atoms with Crippen molar-refractivity contribution >= 4 is 103 Å². The van der Waals surface area contributed by atoms with Crippen molar-refractivity contribution in [2.45, 2.75) is 0 Å². The normalized spacial score (nSPS) is 12.1. The van der Waals surface area contributed by atoms with E-state index in [0.717, 1.165) is 66.3 Å². The zero-order valence-corrected chi connectivity index (χ0v) is 24.3. The fourth-order valence-corrected chi connectivity index (χ4v) is 7.94. The first-order chi connectivity index (χ1) is 21.8. The molecule has 0 saturated carbocycles. The van der Waals surface area contributed by atoms with Gasteiger partial charge in [0.2, 0.25) is 0 Å². The van der Waals surface area contributed by atoms with Crippen molar-refractivity contribution in [3.05, 3.63) is 140 Å². The Morgan fingerprint density at radius 2 is 1.14 bits per heavy atom. The van der Waals surface area contributed by atoms with E-state index < -0.39 is 0 Å². The maximum atomic E-state index is 6.61. The third kappa shape index (κ3) is 3.37. The predicted molar refractivity (Wildman–Crippen MR) is 186 cm³/mol. The summed E-state index contributed by atoms with van der Waals surface area (Å²) < 4.78 is 15.6. The third-order valence-corrected chi connectivity index (χ3v) is 10.00. The molecule has 4 heteroatoms. The van der Waals surface area contributed by atoms with Gasteiger partial charge in [0.15, 0.2) is 0 Å². The molecule has 0 spiro atoms. The fourth-order valence-electron chi connectivity index (χ4n) is 6.86. The largest absolute Gasteiger partial charge is 0.456 e. The van der Waals surface area contributed by atoms with Gasteiger partial charge < -0.3 is 13.7 Å². The number of nitrogens with zero attached hydrogens (tertiary/aromatic N) is 1. The van der Waals surface area contributed by atoms with E-state index in [1.54, 1.807) is 0 Å². The molecule has 206 valence electrons. The van der Waals surface area contributed by atoms with Crippen LogP contribution in [0.3, 0.4) is 0 Å². The molecule has 0 bridgehead atoms. The Kier molecular flexibility index (Phi) is 4.87. The van der Waals surface area contributed by atoms with E-state index in [9.17, 15) is 0 Å². The summed E-state index contributed by atoms with van der Waals surface area (Å²) in [5.41, 5.74) is 6.71. The summed E-state index contributed by atoms with van der Waals surface area (Å²) in [6.07, 6.45) is 0. The van der Waals surface area contributed by atoms with Gasteiger partial charge in [-0.1, -0.05) is 72.8 Å². The van der Waals surface area contributed by atoms with Crippen molar-refractivity contribution in [3.63, 3.8) is 0 Å². The highest BCUT2D eigenvalue weighted by Gasteiger charge is 2.22. The van der Waals surface area contributed by atoms with E-state index in [-0.39, 0.29) is 0 Å². The summed E-state index contributed by atoms with van der Waals surface area (Å²) in [5.74, 6) is 0. The van der Waals surface area contributed by atoms with Crippen molar-refractivity contribution in [2.75, 3.05) is 4.90 Å². The number of anilines is 3. The van der Waals surface area contributed by atoms with Crippen LogP contribution in [0.5, 0.6) is 0 Å². The molecule has 0 aliphatic heterocycles. The van der Waals surface area contributed by atoms with Crippen LogP contribution in [0.15, 0.2) is 148 Å². The summed E-state index contributed by atoms with van der Waals surface area (Å²) in [4.78, 5) is 2.35. The second-order valence-electron chi connectivity index (χ2n) is 11.3. The number of benzene rings is 7. The number of para-hydroxylation sites is 1. The molecule has 44 heavy (non-hydrogen) atoms. The Balaban J connectivity index is 1.29. The molecule has 10 aromatic rings. The van der Waals surface area contributed by atoms with Crippen molar-refractivity contribution in [2.24, 2.45) is 0 Å². The second-order valence-corrected chi connectivity index (χ2v) is 12.4. The standard InChI is InChI=1S/C40H23NO2S/c1-2-9-27-24(8-1)16-19-31-39-33(12-7-14-35(39)43-40(27)31)41(25-18-21-38-32(22-25)30-11-4-6-15-37(30)44-38)26-17-20-29-28-10-3-5-13-34(28)42-36(29)23-26/h1-23H. The number of rotatable bonds is 3. The van der Waals surface area contributed by atoms with E-state index in [0.29, 0.717) is 0 Å². The Bertz CT molecular complexity index is 2750. The molecule has 7 aromatic carbocycles. The molecule has 0 aliphatic rings. The van der Waals surface area contributed by atoms with E-state index in [2.05, 4.69) is 132 Å². The second kappa shape index (κ2) is 8.96. The van der Waals surface area contributed by atoms with Gasteiger partial charge in [-0.15, -0.1) is 11.3 Å². The summed E-state index contributed by atoms with van der Waals surface area (Å²) in [6, 6.07) is 49.4. The zero-order valence-electron chi connectivity index (χ0n) is 23.5. The van der Waals surface area contributed by atoms with Gasteiger partial charge in [0.25, 0.3) is 0 Å². The van der Waals surface area contributed by atoms with E-state index in [1.165, 1.54) is 25.6 Å². The summed E-state index contributed by atoms with van der Waals surface area (Å²) in [6.45, 7) is 0. The van der Waals surface area contributed by atoms with Crippen LogP contribution in [0.4, 0.5) is 17.1 Å². The number of hydrogen-bond acceptors (Lipinski definition) is 4. The third-order valence-electron chi connectivity index (χ3n) is 8.85. The lowest BCUT2D eigenvalue weighted by molar-refractivity contribution is 0.669. The first-order valence-corrected chi connectivity index (χ1v) is 15.6. The van der Waals surface area contributed by atoms with Crippen LogP contribution in [-0.2, 0) is 0 Å². The monoisotopic (exact) mass is 581 g/mol. The number of furan rings is 2. The van der Waals surface area contributed by atoms with Gasteiger partial charge in [-0.3, -0.25) is 0 Å². The SMILES string of the molecule is c1ccc2c(c1)ccc1c2oc2cccc(N(c3ccc4c(c3)oc3ccccc34)c3ccc4sc5ccccc5c4c3)c21. The lowest BCUT2D eigenvalue weighted by Crippen LogP contribution is -2.10. The quantitative estimate of drug-likeness (QED) is 0.208. The minimum Gasteiger partial charge on any atom is -0.456 e. The minimum atomic E-state index is 0.866. The predicted octanol–water partition coefficient (Wildman–Crippen LogP) is 12.5. The average Bonchev–Trinajstić information content (AvgIpc) is 3.76.